The molecule has 1 rings (SSSR count). The van der Waals surface area contributed by atoms with Gasteiger partial charge in [-0.15, -0.1) is 0 Å². The van der Waals surface area contributed by atoms with Crippen LogP contribution in [0.15, 0.2) is 16.7 Å². The fourth-order valence-electron chi connectivity index (χ4n) is 0.992. The molecule has 3 nitrogen and oxygen atoms in total. The van der Waals surface area contributed by atoms with Crippen molar-refractivity contribution < 1.29 is 9.15 Å². The Labute approximate surface area is 72.7 Å². The van der Waals surface area contributed by atoms with E-state index in [-0.39, 0.29) is 0 Å². The highest BCUT2D eigenvalue weighted by atomic mass is 16.5. The highest BCUT2D eigenvalue weighted by molar-refractivity contribution is 5.14. The first-order valence-corrected chi connectivity index (χ1v) is 4.07. The Hall–Kier alpha value is -0.800. The van der Waals surface area contributed by atoms with Crippen molar-refractivity contribution in [1.82, 2.24) is 5.32 Å². The lowest BCUT2D eigenvalue weighted by Gasteiger charge is -2.01. The number of hydrogen-bond donors (Lipinski definition) is 1. The van der Waals surface area contributed by atoms with Crippen LogP contribution >= 0.6 is 0 Å². The standard InChI is InChI=1S/C9H15NO2/c1-8-9(3-5-12-8)7-10-4-6-11-2/h3,5,10H,4,6-7H2,1-2H3. The molecule has 1 aromatic rings. The first-order valence-electron chi connectivity index (χ1n) is 4.07. The number of ether oxygens (including phenoxy) is 1. The van der Waals surface area contributed by atoms with E-state index in [0.717, 1.165) is 25.5 Å². The molecule has 0 saturated heterocycles. The van der Waals surface area contributed by atoms with Gasteiger partial charge in [0.15, 0.2) is 0 Å². The minimum absolute atomic E-state index is 0.747. The van der Waals surface area contributed by atoms with Crippen molar-refractivity contribution in [2.45, 2.75) is 13.5 Å². The Morgan fingerprint density at radius 1 is 1.58 bits per heavy atom. The van der Waals surface area contributed by atoms with Crippen LogP contribution in [0.2, 0.25) is 0 Å². The van der Waals surface area contributed by atoms with Gasteiger partial charge >= 0.3 is 0 Å². The van der Waals surface area contributed by atoms with Gasteiger partial charge in [0.1, 0.15) is 5.76 Å². The fraction of sp³-hybridized carbons (Fsp3) is 0.556. The zero-order valence-electron chi connectivity index (χ0n) is 7.59. The van der Waals surface area contributed by atoms with E-state index >= 15 is 0 Å². The number of nitrogens with one attached hydrogen (secondary N) is 1. The summed E-state index contributed by atoms with van der Waals surface area (Å²) in [5, 5.41) is 3.24. The SMILES string of the molecule is COCCNCc1ccoc1C. The van der Waals surface area contributed by atoms with Crippen molar-refractivity contribution in [2.24, 2.45) is 0 Å². The van der Waals surface area contributed by atoms with Crippen molar-refractivity contribution in [3.05, 3.63) is 23.7 Å². The van der Waals surface area contributed by atoms with E-state index in [1.165, 1.54) is 5.56 Å². The van der Waals surface area contributed by atoms with Crippen molar-refractivity contribution in [3.63, 3.8) is 0 Å². The quantitative estimate of drug-likeness (QED) is 0.675. The Balaban J connectivity index is 2.20. The van der Waals surface area contributed by atoms with Gasteiger partial charge in [-0.3, -0.25) is 0 Å². The second-order valence-corrected chi connectivity index (χ2v) is 2.67. The van der Waals surface area contributed by atoms with Crippen LogP contribution in [-0.4, -0.2) is 20.3 Å². The van der Waals surface area contributed by atoms with E-state index in [9.17, 15) is 0 Å². The molecule has 1 aromatic heterocycles. The lowest BCUT2D eigenvalue weighted by molar-refractivity contribution is 0.199. The van der Waals surface area contributed by atoms with Gasteiger partial charge in [0.2, 0.25) is 0 Å². The summed E-state index contributed by atoms with van der Waals surface area (Å²) in [4.78, 5) is 0. The predicted octanol–water partition coefficient (Wildman–Crippen LogP) is 1.32. The molecule has 1 N–H and O–H groups in total. The summed E-state index contributed by atoms with van der Waals surface area (Å²) < 4.78 is 10.1. The summed E-state index contributed by atoms with van der Waals surface area (Å²) in [5.74, 6) is 0.986. The summed E-state index contributed by atoms with van der Waals surface area (Å²) in [5.41, 5.74) is 1.21. The Morgan fingerprint density at radius 2 is 2.42 bits per heavy atom. The van der Waals surface area contributed by atoms with Gasteiger partial charge in [0.25, 0.3) is 0 Å². The molecule has 0 aromatic carbocycles. The molecule has 0 unspecified atom stereocenters. The molecule has 68 valence electrons. The van der Waals surface area contributed by atoms with Crippen LogP contribution in [0.1, 0.15) is 11.3 Å². The molecule has 0 atom stereocenters. The number of furan rings is 1. The third kappa shape index (κ3) is 2.68. The van der Waals surface area contributed by atoms with E-state index in [1.54, 1.807) is 13.4 Å². The van der Waals surface area contributed by atoms with Gasteiger partial charge < -0.3 is 14.5 Å². The maximum atomic E-state index is 5.15. The molecule has 12 heavy (non-hydrogen) atoms. The molecule has 0 aliphatic carbocycles. The molecule has 0 aliphatic rings. The second-order valence-electron chi connectivity index (χ2n) is 2.67. The van der Waals surface area contributed by atoms with Gasteiger partial charge in [-0.1, -0.05) is 0 Å². The zero-order chi connectivity index (χ0) is 8.81. The van der Waals surface area contributed by atoms with Crippen molar-refractivity contribution in [3.8, 4) is 0 Å². The number of aryl methyl sites for hydroxylation is 1. The summed E-state index contributed by atoms with van der Waals surface area (Å²) in [7, 11) is 1.70. The van der Waals surface area contributed by atoms with Crippen LogP contribution in [0, 0.1) is 6.92 Å². The molecule has 0 aliphatic heterocycles. The van der Waals surface area contributed by atoms with Crippen molar-refractivity contribution >= 4 is 0 Å². The first-order chi connectivity index (χ1) is 5.84. The summed E-state index contributed by atoms with van der Waals surface area (Å²) >= 11 is 0. The van der Waals surface area contributed by atoms with Gasteiger partial charge in [0.05, 0.1) is 12.9 Å². The second kappa shape index (κ2) is 4.95. The average Bonchev–Trinajstić information content (AvgIpc) is 2.46. The normalized spacial score (nSPS) is 10.5. The van der Waals surface area contributed by atoms with E-state index < -0.39 is 0 Å². The van der Waals surface area contributed by atoms with Gasteiger partial charge in [-0.2, -0.15) is 0 Å². The number of hydrogen-bond acceptors (Lipinski definition) is 3. The maximum absolute atomic E-state index is 5.15. The Bertz CT molecular complexity index is 220. The van der Waals surface area contributed by atoms with E-state index in [0.29, 0.717) is 0 Å². The molecular formula is C9H15NO2. The molecular weight excluding hydrogens is 154 g/mol. The molecule has 0 fully saturated rings. The first kappa shape index (κ1) is 9.29. The van der Waals surface area contributed by atoms with Crippen LogP contribution in [0.4, 0.5) is 0 Å². The number of methoxy groups -OCH3 is 1. The minimum atomic E-state index is 0.747. The van der Waals surface area contributed by atoms with Gasteiger partial charge in [0, 0.05) is 25.8 Å². The van der Waals surface area contributed by atoms with Crippen LogP contribution in [0.3, 0.4) is 0 Å². The predicted molar refractivity (Wildman–Crippen MR) is 47.0 cm³/mol. The molecule has 1 heterocycles. The van der Waals surface area contributed by atoms with Gasteiger partial charge in [-0.25, -0.2) is 0 Å². The zero-order valence-corrected chi connectivity index (χ0v) is 7.59. The smallest absolute Gasteiger partial charge is 0.105 e. The molecule has 0 saturated carbocycles. The third-order valence-corrected chi connectivity index (χ3v) is 1.76. The van der Waals surface area contributed by atoms with Crippen molar-refractivity contribution in [2.75, 3.05) is 20.3 Å². The Morgan fingerprint density at radius 3 is 3.00 bits per heavy atom. The summed E-state index contributed by atoms with van der Waals surface area (Å²) in [6.07, 6.45) is 1.71. The van der Waals surface area contributed by atoms with E-state index in [4.69, 9.17) is 9.15 Å². The van der Waals surface area contributed by atoms with Crippen LogP contribution in [0.5, 0.6) is 0 Å². The highest BCUT2D eigenvalue weighted by Gasteiger charge is 1.98. The summed E-state index contributed by atoms with van der Waals surface area (Å²) in [6, 6.07) is 1.98. The van der Waals surface area contributed by atoms with Crippen LogP contribution in [0.25, 0.3) is 0 Å². The summed E-state index contributed by atoms with van der Waals surface area (Å²) in [6.45, 7) is 4.44. The molecule has 0 radical (unpaired) electrons. The maximum Gasteiger partial charge on any atom is 0.105 e. The fourth-order valence-corrected chi connectivity index (χ4v) is 0.992. The van der Waals surface area contributed by atoms with E-state index in [1.807, 2.05) is 13.0 Å². The third-order valence-electron chi connectivity index (χ3n) is 1.76. The molecule has 0 spiro atoms. The largest absolute Gasteiger partial charge is 0.469 e. The average molecular weight is 169 g/mol. The van der Waals surface area contributed by atoms with Crippen LogP contribution < -0.4 is 5.32 Å². The highest BCUT2D eigenvalue weighted by Crippen LogP contribution is 2.07. The Kier molecular flexibility index (Phi) is 3.84. The van der Waals surface area contributed by atoms with Crippen LogP contribution in [-0.2, 0) is 11.3 Å². The number of rotatable bonds is 5. The molecule has 0 amide bonds. The van der Waals surface area contributed by atoms with E-state index in [2.05, 4.69) is 5.32 Å². The lowest BCUT2D eigenvalue weighted by atomic mass is 10.2. The topological polar surface area (TPSA) is 34.4 Å². The molecule has 0 bridgehead atoms. The monoisotopic (exact) mass is 169 g/mol. The minimum Gasteiger partial charge on any atom is -0.469 e. The lowest BCUT2D eigenvalue weighted by Crippen LogP contribution is -2.18. The van der Waals surface area contributed by atoms with Gasteiger partial charge in [-0.05, 0) is 13.0 Å². The molecule has 3 heteroatoms. The van der Waals surface area contributed by atoms with Crippen molar-refractivity contribution in [1.29, 1.82) is 0 Å².